The van der Waals surface area contributed by atoms with Crippen molar-refractivity contribution in [3.8, 4) is 0 Å². The van der Waals surface area contributed by atoms with Crippen molar-refractivity contribution in [1.82, 2.24) is 19.5 Å². The number of nitrogens with zero attached hydrogens (tertiary/aromatic N) is 3. The second kappa shape index (κ2) is 7.78. The summed E-state index contributed by atoms with van der Waals surface area (Å²) in [4.78, 5) is 7.17. The van der Waals surface area contributed by atoms with Crippen molar-refractivity contribution in [3.05, 3.63) is 36.0 Å². The summed E-state index contributed by atoms with van der Waals surface area (Å²) in [6, 6.07) is 7.56. The van der Waals surface area contributed by atoms with Gasteiger partial charge in [-0.05, 0) is 37.1 Å². The Morgan fingerprint density at radius 1 is 1.15 bits per heavy atom. The molecule has 0 amide bonds. The molecule has 6 nitrogen and oxygen atoms in total. The number of rotatable bonds is 3. The topological polar surface area (TPSA) is 65.5 Å². The molecule has 142 valence electrons. The summed E-state index contributed by atoms with van der Waals surface area (Å²) >= 11 is 0. The Bertz CT molecular complexity index is 884. The molecule has 0 radical (unpaired) electrons. The lowest BCUT2D eigenvalue weighted by Crippen LogP contribution is -2.49. The maximum atomic E-state index is 13.3. The highest BCUT2D eigenvalue weighted by molar-refractivity contribution is 7.89. The van der Waals surface area contributed by atoms with Gasteiger partial charge in [-0.2, -0.15) is 4.31 Å². The highest BCUT2D eigenvalue weighted by Gasteiger charge is 2.36. The Hall–Kier alpha value is -1.25. The highest BCUT2D eigenvalue weighted by atomic mass is 35.5. The van der Waals surface area contributed by atoms with Gasteiger partial charge >= 0.3 is 0 Å². The summed E-state index contributed by atoms with van der Waals surface area (Å²) in [5.74, 6) is 0. The predicted molar refractivity (Wildman–Crippen MR) is 105 cm³/mol. The van der Waals surface area contributed by atoms with Crippen LogP contribution in [0.4, 0.5) is 0 Å². The first-order chi connectivity index (χ1) is 12.1. The number of aromatic nitrogens is 1. The normalized spacial score (nSPS) is 22.4. The van der Waals surface area contributed by atoms with Crippen LogP contribution in [0.3, 0.4) is 0 Å². The fourth-order valence-electron chi connectivity index (χ4n) is 3.93. The zero-order valence-corrected chi connectivity index (χ0v) is 16.5. The van der Waals surface area contributed by atoms with Gasteiger partial charge in [-0.3, -0.25) is 9.88 Å². The number of halogens is 1. The van der Waals surface area contributed by atoms with Gasteiger partial charge in [-0.1, -0.05) is 6.07 Å². The first-order valence-corrected chi connectivity index (χ1v) is 10.3. The molecule has 2 aromatic rings. The SMILES string of the molecule is Cc1ccc(S(=O)(=O)N2CCC(N3CCNCC3)C2)c2cccnc12.Cl. The average molecular weight is 397 g/mol. The van der Waals surface area contributed by atoms with Crippen LogP contribution in [0, 0.1) is 6.92 Å². The van der Waals surface area contributed by atoms with E-state index in [-0.39, 0.29) is 12.4 Å². The van der Waals surface area contributed by atoms with Crippen LogP contribution >= 0.6 is 12.4 Å². The first kappa shape index (κ1) is 19.5. The molecule has 8 heteroatoms. The van der Waals surface area contributed by atoms with Crippen molar-refractivity contribution >= 4 is 33.3 Å². The van der Waals surface area contributed by atoms with E-state index in [4.69, 9.17) is 0 Å². The van der Waals surface area contributed by atoms with Crippen molar-refractivity contribution in [2.24, 2.45) is 0 Å². The molecule has 1 unspecified atom stereocenters. The molecular formula is C18H25ClN4O2S. The fraction of sp³-hybridized carbons (Fsp3) is 0.500. The molecule has 2 aliphatic rings. The van der Waals surface area contributed by atoms with Gasteiger partial charge in [0.15, 0.2) is 0 Å². The zero-order valence-electron chi connectivity index (χ0n) is 14.9. The maximum Gasteiger partial charge on any atom is 0.243 e. The van der Waals surface area contributed by atoms with Crippen LogP contribution in [0.25, 0.3) is 10.9 Å². The molecular weight excluding hydrogens is 372 g/mol. The Labute approximate surface area is 161 Å². The maximum absolute atomic E-state index is 13.3. The zero-order chi connectivity index (χ0) is 17.4. The van der Waals surface area contributed by atoms with Crippen LogP contribution in [-0.4, -0.2) is 67.9 Å². The molecule has 1 aromatic carbocycles. The van der Waals surface area contributed by atoms with E-state index in [0.29, 0.717) is 29.4 Å². The summed E-state index contributed by atoms with van der Waals surface area (Å²) in [5, 5.41) is 4.07. The average Bonchev–Trinajstić information content (AvgIpc) is 3.14. The van der Waals surface area contributed by atoms with Gasteiger partial charge in [-0.15, -0.1) is 12.4 Å². The van der Waals surface area contributed by atoms with Crippen LogP contribution in [0.15, 0.2) is 35.4 Å². The van der Waals surface area contributed by atoms with Crippen LogP contribution in [0.1, 0.15) is 12.0 Å². The van der Waals surface area contributed by atoms with Gasteiger partial charge in [0.05, 0.1) is 10.4 Å². The van der Waals surface area contributed by atoms with Gasteiger partial charge in [0.25, 0.3) is 0 Å². The summed E-state index contributed by atoms with van der Waals surface area (Å²) < 4.78 is 28.2. The first-order valence-electron chi connectivity index (χ1n) is 8.86. The van der Waals surface area contributed by atoms with Crippen molar-refractivity contribution in [1.29, 1.82) is 0 Å². The predicted octanol–water partition coefficient (Wildman–Crippen LogP) is 1.63. The number of hydrogen-bond donors (Lipinski definition) is 1. The molecule has 2 fully saturated rings. The van der Waals surface area contributed by atoms with Gasteiger partial charge in [0.1, 0.15) is 0 Å². The van der Waals surface area contributed by atoms with E-state index in [1.165, 1.54) is 0 Å². The molecule has 1 atom stereocenters. The van der Waals surface area contributed by atoms with Gasteiger partial charge in [-0.25, -0.2) is 8.42 Å². The molecule has 1 aromatic heterocycles. The smallest absolute Gasteiger partial charge is 0.243 e. The number of sulfonamides is 1. The lowest BCUT2D eigenvalue weighted by Gasteiger charge is -2.32. The molecule has 0 spiro atoms. The van der Waals surface area contributed by atoms with Crippen LogP contribution in [-0.2, 0) is 10.0 Å². The lowest BCUT2D eigenvalue weighted by molar-refractivity contribution is 0.179. The van der Waals surface area contributed by atoms with Crippen molar-refractivity contribution in [3.63, 3.8) is 0 Å². The second-order valence-electron chi connectivity index (χ2n) is 6.87. The van der Waals surface area contributed by atoms with Crippen molar-refractivity contribution in [2.45, 2.75) is 24.3 Å². The summed E-state index contributed by atoms with van der Waals surface area (Å²) in [6.07, 6.45) is 2.61. The Kier molecular flexibility index (Phi) is 5.84. The monoisotopic (exact) mass is 396 g/mol. The molecule has 0 bridgehead atoms. The largest absolute Gasteiger partial charge is 0.314 e. The Morgan fingerprint density at radius 3 is 2.69 bits per heavy atom. The molecule has 2 aliphatic heterocycles. The number of pyridine rings is 1. The molecule has 4 rings (SSSR count). The van der Waals surface area contributed by atoms with E-state index in [1.54, 1.807) is 22.6 Å². The molecule has 2 saturated heterocycles. The van der Waals surface area contributed by atoms with E-state index >= 15 is 0 Å². The van der Waals surface area contributed by atoms with Crippen molar-refractivity contribution in [2.75, 3.05) is 39.3 Å². The molecule has 0 saturated carbocycles. The number of benzene rings is 1. The van der Waals surface area contributed by atoms with Gasteiger partial charge in [0, 0.05) is 56.9 Å². The van der Waals surface area contributed by atoms with E-state index in [2.05, 4.69) is 15.2 Å². The third kappa shape index (κ3) is 3.46. The summed E-state index contributed by atoms with van der Waals surface area (Å²) in [6.45, 7) is 7.09. The molecule has 3 heterocycles. The number of piperazine rings is 1. The number of aryl methyl sites for hydroxylation is 1. The molecule has 1 N–H and O–H groups in total. The number of nitrogens with one attached hydrogen (secondary N) is 1. The number of hydrogen-bond acceptors (Lipinski definition) is 5. The lowest BCUT2D eigenvalue weighted by atomic mass is 10.1. The van der Waals surface area contributed by atoms with E-state index in [0.717, 1.165) is 43.7 Å². The third-order valence-corrected chi connectivity index (χ3v) is 7.27. The minimum absolute atomic E-state index is 0. The summed E-state index contributed by atoms with van der Waals surface area (Å²) in [5.41, 5.74) is 1.76. The van der Waals surface area contributed by atoms with Gasteiger partial charge < -0.3 is 5.32 Å². The fourth-order valence-corrected chi connectivity index (χ4v) is 5.60. The molecule has 26 heavy (non-hydrogen) atoms. The Morgan fingerprint density at radius 2 is 1.92 bits per heavy atom. The highest BCUT2D eigenvalue weighted by Crippen LogP contribution is 2.29. The quantitative estimate of drug-likeness (QED) is 0.854. The Balaban J connectivity index is 0.00000196. The summed E-state index contributed by atoms with van der Waals surface area (Å²) in [7, 11) is -3.50. The van der Waals surface area contributed by atoms with E-state index < -0.39 is 10.0 Å². The molecule has 0 aliphatic carbocycles. The minimum Gasteiger partial charge on any atom is -0.314 e. The van der Waals surface area contributed by atoms with Crippen molar-refractivity contribution < 1.29 is 8.42 Å². The van der Waals surface area contributed by atoms with Gasteiger partial charge in [0.2, 0.25) is 10.0 Å². The van der Waals surface area contributed by atoms with E-state index in [1.807, 2.05) is 19.1 Å². The number of fused-ring (bicyclic) bond motifs is 1. The second-order valence-corrected chi connectivity index (χ2v) is 8.78. The minimum atomic E-state index is -3.50. The van der Waals surface area contributed by atoms with Crippen LogP contribution in [0.5, 0.6) is 0 Å². The third-order valence-electron chi connectivity index (χ3n) is 5.34. The van der Waals surface area contributed by atoms with E-state index in [9.17, 15) is 8.42 Å². The standard InChI is InChI=1S/C18H24N4O2S.ClH/c1-14-4-5-17(16-3-2-7-20-18(14)16)25(23,24)22-10-6-15(13-22)21-11-8-19-9-12-21;/h2-5,7,15,19H,6,8-13H2,1H3;1H. The van der Waals surface area contributed by atoms with Crippen LogP contribution < -0.4 is 5.32 Å². The van der Waals surface area contributed by atoms with Crippen LogP contribution in [0.2, 0.25) is 0 Å².